The van der Waals surface area contributed by atoms with Gasteiger partial charge in [0.05, 0.1) is 5.41 Å². The van der Waals surface area contributed by atoms with Crippen LogP contribution >= 0.6 is 0 Å². The van der Waals surface area contributed by atoms with Crippen LogP contribution in [0.2, 0.25) is 0 Å². The molecule has 3 aromatic carbocycles. The van der Waals surface area contributed by atoms with Crippen LogP contribution in [0.25, 0.3) is 11.1 Å². The van der Waals surface area contributed by atoms with E-state index < -0.39 is 5.41 Å². The number of rotatable bonds is 4. The SMILES string of the molecule is Cc1ccc(OC(=O)C2(c3ccc(-c4ccccc4)cc3)CCCCC2)cc1. The van der Waals surface area contributed by atoms with Gasteiger partial charge < -0.3 is 4.74 Å². The largest absolute Gasteiger partial charge is 0.426 e. The van der Waals surface area contributed by atoms with Crippen molar-refractivity contribution in [3.63, 3.8) is 0 Å². The van der Waals surface area contributed by atoms with E-state index >= 15 is 0 Å². The lowest BCUT2D eigenvalue weighted by Crippen LogP contribution is -2.41. The number of hydrogen-bond acceptors (Lipinski definition) is 2. The quantitative estimate of drug-likeness (QED) is 0.389. The van der Waals surface area contributed by atoms with Gasteiger partial charge in [0.2, 0.25) is 0 Å². The molecule has 0 aliphatic heterocycles. The Morgan fingerprint density at radius 3 is 2.00 bits per heavy atom. The molecule has 0 radical (unpaired) electrons. The van der Waals surface area contributed by atoms with Gasteiger partial charge in [-0.05, 0) is 48.6 Å². The minimum absolute atomic E-state index is 0.122. The van der Waals surface area contributed by atoms with E-state index in [1.165, 1.54) is 17.5 Å². The molecule has 0 unspecified atom stereocenters. The lowest BCUT2D eigenvalue weighted by atomic mass is 9.69. The van der Waals surface area contributed by atoms with Crippen LogP contribution < -0.4 is 4.74 Å². The van der Waals surface area contributed by atoms with Crippen LogP contribution in [-0.4, -0.2) is 5.97 Å². The minimum atomic E-state index is -0.543. The van der Waals surface area contributed by atoms with Crippen LogP contribution in [0.4, 0.5) is 0 Å². The zero-order valence-electron chi connectivity index (χ0n) is 16.4. The average molecular weight is 370 g/mol. The van der Waals surface area contributed by atoms with Crippen LogP contribution in [0.5, 0.6) is 5.75 Å². The summed E-state index contributed by atoms with van der Waals surface area (Å²) >= 11 is 0. The standard InChI is InChI=1S/C26H26O2/c1-20-10-16-24(17-11-20)28-25(27)26(18-6-3-7-19-26)23-14-12-22(13-15-23)21-8-4-2-5-9-21/h2,4-5,8-17H,3,6-7,18-19H2,1H3. The first kappa shape index (κ1) is 18.5. The smallest absolute Gasteiger partial charge is 0.321 e. The molecule has 142 valence electrons. The third-order valence-corrected chi connectivity index (χ3v) is 5.87. The summed E-state index contributed by atoms with van der Waals surface area (Å²) in [6, 6.07) is 26.5. The number of hydrogen-bond donors (Lipinski definition) is 0. The Labute approximate surface area is 167 Å². The van der Waals surface area contributed by atoms with Crippen LogP contribution in [0.15, 0.2) is 78.9 Å². The van der Waals surface area contributed by atoms with Gasteiger partial charge in [0.25, 0.3) is 0 Å². The summed E-state index contributed by atoms with van der Waals surface area (Å²) in [5.41, 5.74) is 4.04. The maximum absolute atomic E-state index is 13.3. The van der Waals surface area contributed by atoms with Gasteiger partial charge in [-0.25, -0.2) is 0 Å². The molecule has 0 bridgehead atoms. The van der Waals surface area contributed by atoms with Crippen molar-refractivity contribution in [1.29, 1.82) is 0 Å². The Hall–Kier alpha value is -2.87. The van der Waals surface area contributed by atoms with E-state index in [-0.39, 0.29) is 5.97 Å². The van der Waals surface area contributed by atoms with Gasteiger partial charge in [0.15, 0.2) is 0 Å². The fraction of sp³-hybridized carbons (Fsp3) is 0.269. The fourth-order valence-electron chi connectivity index (χ4n) is 4.19. The van der Waals surface area contributed by atoms with Crippen molar-refractivity contribution in [2.24, 2.45) is 0 Å². The zero-order valence-corrected chi connectivity index (χ0v) is 16.4. The van der Waals surface area contributed by atoms with Gasteiger partial charge in [-0.15, -0.1) is 0 Å². The molecular formula is C26H26O2. The van der Waals surface area contributed by atoms with Crippen molar-refractivity contribution in [3.8, 4) is 16.9 Å². The zero-order chi connectivity index (χ0) is 19.4. The lowest BCUT2D eigenvalue weighted by Gasteiger charge is -2.35. The van der Waals surface area contributed by atoms with Crippen LogP contribution in [0, 0.1) is 6.92 Å². The molecular weight excluding hydrogens is 344 g/mol. The van der Waals surface area contributed by atoms with E-state index in [0.717, 1.165) is 36.8 Å². The van der Waals surface area contributed by atoms with Gasteiger partial charge in [0.1, 0.15) is 5.75 Å². The number of benzene rings is 3. The van der Waals surface area contributed by atoms with Crippen molar-refractivity contribution < 1.29 is 9.53 Å². The van der Waals surface area contributed by atoms with E-state index in [0.29, 0.717) is 5.75 Å². The molecule has 1 aliphatic rings. The highest BCUT2D eigenvalue weighted by Crippen LogP contribution is 2.41. The maximum atomic E-state index is 13.3. The second-order valence-electron chi connectivity index (χ2n) is 7.79. The van der Waals surface area contributed by atoms with E-state index in [1.807, 2.05) is 49.4 Å². The Kier molecular flexibility index (Phi) is 5.29. The van der Waals surface area contributed by atoms with Gasteiger partial charge in [0, 0.05) is 0 Å². The molecule has 0 aromatic heterocycles. The first-order valence-electron chi connectivity index (χ1n) is 10.1. The van der Waals surface area contributed by atoms with Crippen molar-refractivity contribution in [2.75, 3.05) is 0 Å². The predicted molar refractivity (Wildman–Crippen MR) is 113 cm³/mol. The molecule has 2 heteroatoms. The van der Waals surface area contributed by atoms with Crippen molar-refractivity contribution in [2.45, 2.75) is 44.4 Å². The van der Waals surface area contributed by atoms with Crippen LogP contribution in [0.3, 0.4) is 0 Å². The summed E-state index contributed by atoms with van der Waals surface area (Å²) in [6.07, 6.45) is 5.00. The third kappa shape index (κ3) is 3.73. The Balaban J connectivity index is 1.63. The molecule has 3 aromatic rings. The Morgan fingerprint density at radius 1 is 0.750 bits per heavy atom. The van der Waals surface area contributed by atoms with E-state index in [1.54, 1.807) is 0 Å². The molecule has 0 N–H and O–H groups in total. The highest BCUT2D eigenvalue weighted by Gasteiger charge is 2.42. The molecule has 0 amide bonds. The van der Waals surface area contributed by atoms with Gasteiger partial charge in [-0.2, -0.15) is 0 Å². The molecule has 0 heterocycles. The van der Waals surface area contributed by atoms with E-state index in [4.69, 9.17) is 4.74 Å². The fourth-order valence-corrected chi connectivity index (χ4v) is 4.19. The molecule has 1 saturated carbocycles. The molecule has 2 nitrogen and oxygen atoms in total. The van der Waals surface area contributed by atoms with Crippen LogP contribution in [0.1, 0.15) is 43.2 Å². The molecule has 0 saturated heterocycles. The molecule has 0 atom stereocenters. The van der Waals surface area contributed by atoms with Gasteiger partial charge in [-0.1, -0.05) is 91.6 Å². The van der Waals surface area contributed by atoms with Crippen molar-refractivity contribution >= 4 is 5.97 Å². The number of esters is 1. The van der Waals surface area contributed by atoms with Gasteiger partial charge in [-0.3, -0.25) is 4.79 Å². The monoisotopic (exact) mass is 370 g/mol. The molecule has 0 spiro atoms. The number of aryl methyl sites for hydroxylation is 1. The predicted octanol–water partition coefficient (Wildman–Crippen LogP) is 6.47. The summed E-state index contributed by atoms with van der Waals surface area (Å²) in [6.45, 7) is 2.03. The second-order valence-corrected chi connectivity index (χ2v) is 7.79. The molecule has 28 heavy (non-hydrogen) atoms. The minimum Gasteiger partial charge on any atom is -0.426 e. The average Bonchev–Trinajstić information content (AvgIpc) is 2.76. The highest BCUT2D eigenvalue weighted by atomic mass is 16.5. The lowest BCUT2D eigenvalue weighted by molar-refractivity contribution is -0.142. The first-order chi connectivity index (χ1) is 13.7. The summed E-state index contributed by atoms with van der Waals surface area (Å²) in [5, 5.41) is 0. The van der Waals surface area contributed by atoms with E-state index in [9.17, 15) is 4.79 Å². The Bertz CT molecular complexity index is 918. The van der Waals surface area contributed by atoms with Crippen molar-refractivity contribution in [3.05, 3.63) is 90.0 Å². The topological polar surface area (TPSA) is 26.3 Å². The van der Waals surface area contributed by atoms with Gasteiger partial charge >= 0.3 is 5.97 Å². The summed E-state index contributed by atoms with van der Waals surface area (Å²) in [5.74, 6) is 0.505. The van der Waals surface area contributed by atoms with Crippen molar-refractivity contribution in [1.82, 2.24) is 0 Å². The number of ether oxygens (including phenoxy) is 1. The second kappa shape index (κ2) is 8.02. The molecule has 4 rings (SSSR count). The number of carbonyl (C=O) groups is 1. The third-order valence-electron chi connectivity index (χ3n) is 5.87. The highest BCUT2D eigenvalue weighted by molar-refractivity contribution is 5.85. The molecule has 1 fully saturated rings. The summed E-state index contributed by atoms with van der Waals surface area (Å²) in [7, 11) is 0. The first-order valence-corrected chi connectivity index (χ1v) is 10.1. The summed E-state index contributed by atoms with van der Waals surface area (Å²) < 4.78 is 5.84. The number of carbonyl (C=O) groups excluding carboxylic acids is 1. The normalized spacial score (nSPS) is 15.8. The Morgan fingerprint density at radius 2 is 1.36 bits per heavy atom. The van der Waals surface area contributed by atoms with Crippen LogP contribution in [-0.2, 0) is 10.2 Å². The summed E-state index contributed by atoms with van der Waals surface area (Å²) in [4.78, 5) is 13.3. The molecule has 1 aliphatic carbocycles. The maximum Gasteiger partial charge on any atom is 0.321 e. The van der Waals surface area contributed by atoms with E-state index in [2.05, 4.69) is 36.4 Å².